The molecule has 23 heavy (non-hydrogen) atoms. The molecule has 1 aromatic carbocycles. The van der Waals surface area contributed by atoms with Crippen molar-refractivity contribution in [1.29, 1.82) is 0 Å². The molecule has 0 aliphatic rings. The third-order valence-electron chi connectivity index (χ3n) is 2.78. The van der Waals surface area contributed by atoms with Gasteiger partial charge in [0, 0.05) is 5.56 Å². The number of carbonyl (C=O) groups is 2. The van der Waals surface area contributed by atoms with Crippen LogP contribution < -0.4 is 5.32 Å². The Morgan fingerprint density at radius 3 is 2.43 bits per heavy atom. The highest BCUT2D eigenvalue weighted by atomic mass is 19.1. The summed E-state index contributed by atoms with van der Waals surface area (Å²) >= 11 is 0. The van der Waals surface area contributed by atoms with Gasteiger partial charge < -0.3 is 10.1 Å². The number of benzene rings is 1. The molecule has 0 fully saturated rings. The Balaban J connectivity index is 2.82. The highest BCUT2D eigenvalue weighted by molar-refractivity contribution is 6.01. The van der Waals surface area contributed by atoms with E-state index in [1.54, 1.807) is 40.7 Å². The normalized spacial score (nSPS) is 12.1. The summed E-state index contributed by atoms with van der Waals surface area (Å²) in [6.45, 7) is 8.81. The van der Waals surface area contributed by atoms with Gasteiger partial charge in [0.25, 0.3) is 0 Å². The molecule has 5 heteroatoms. The van der Waals surface area contributed by atoms with Crippen LogP contribution in [0, 0.1) is 23.6 Å². The predicted octanol–water partition coefficient (Wildman–Crippen LogP) is 3.30. The topological polar surface area (TPSA) is 55.4 Å². The maximum Gasteiger partial charge on any atom is 0.408 e. The SMILES string of the molecule is CC(C)[C@H](NC(=O)OC(C)(C)C)C(=O)C#Cc1cccc(F)c1. The van der Waals surface area contributed by atoms with Gasteiger partial charge in [0.1, 0.15) is 17.5 Å². The van der Waals surface area contributed by atoms with Crippen molar-refractivity contribution in [3.05, 3.63) is 35.6 Å². The summed E-state index contributed by atoms with van der Waals surface area (Å²) < 4.78 is 18.2. The quantitative estimate of drug-likeness (QED) is 0.870. The Morgan fingerprint density at radius 2 is 1.91 bits per heavy atom. The number of ether oxygens (including phenoxy) is 1. The smallest absolute Gasteiger partial charge is 0.408 e. The van der Waals surface area contributed by atoms with Crippen molar-refractivity contribution in [2.45, 2.75) is 46.3 Å². The minimum Gasteiger partial charge on any atom is -0.444 e. The third-order valence-corrected chi connectivity index (χ3v) is 2.78. The lowest BCUT2D eigenvalue weighted by atomic mass is 10.00. The molecule has 4 nitrogen and oxygen atoms in total. The summed E-state index contributed by atoms with van der Waals surface area (Å²) in [4.78, 5) is 24.0. The van der Waals surface area contributed by atoms with Crippen LogP contribution in [-0.4, -0.2) is 23.5 Å². The molecule has 0 saturated heterocycles. The lowest BCUT2D eigenvalue weighted by molar-refractivity contribution is -0.116. The first kappa shape index (κ1) is 18.7. The summed E-state index contributed by atoms with van der Waals surface area (Å²) in [5.41, 5.74) is -0.250. The van der Waals surface area contributed by atoms with E-state index in [1.807, 2.05) is 0 Å². The minimum atomic E-state index is -0.786. The van der Waals surface area contributed by atoms with E-state index in [0.29, 0.717) is 5.56 Å². The molecule has 1 N–H and O–H groups in total. The molecule has 1 atom stereocenters. The van der Waals surface area contributed by atoms with Gasteiger partial charge in [-0.2, -0.15) is 0 Å². The molecule has 0 aliphatic carbocycles. The van der Waals surface area contributed by atoms with E-state index < -0.39 is 29.3 Å². The van der Waals surface area contributed by atoms with Crippen LogP contribution in [0.2, 0.25) is 0 Å². The predicted molar refractivity (Wildman–Crippen MR) is 86.3 cm³/mol. The standard InChI is InChI=1S/C18H22FNO3/c1-12(2)16(20-17(22)23-18(3,4)5)15(21)10-9-13-7-6-8-14(19)11-13/h6-8,11-12,16H,1-5H3,(H,20,22)/t16-/m0/s1. The van der Waals surface area contributed by atoms with E-state index in [-0.39, 0.29) is 5.92 Å². The fourth-order valence-electron chi connectivity index (χ4n) is 1.75. The van der Waals surface area contributed by atoms with Gasteiger partial charge in [-0.25, -0.2) is 9.18 Å². The molecular weight excluding hydrogens is 297 g/mol. The van der Waals surface area contributed by atoms with Crippen LogP contribution in [0.25, 0.3) is 0 Å². The van der Waals surface area contributed by atoms with Crippen LogP contribution in [0.1, 0.15) is 40.2 Å². The largest absolute Gasteiger partial charge is 0.444 e. The second-order valence-electron chi connectivity index (χ2n) is 6.49. The van der Waals surface area contributed by atoms with E-state index in [2.05, 4.69) is 17.2 Å². The van der Waals surface area contributed by atoms with Crippen LogP contribution in [0.5, 0.6) is 0 Å². The summed E-state index contributed by atoms with van der Waals surface area (Å²) in [5, 5.41) is 2.53. The van der Waals surface area contributed by atoms with Crippen LogP contribution in [0.4, 0.5) is 9.18 Å². The molecule has 0 spiro atoms. The average Bonchev–Trinajstić information content (AvgIpc) is 2.40. The highest BCUT2D eigenvalue weighted by Gasteiger charge is 2.25. The first-order valence-electron chi connectivity index (χ1n) is 7.39. The Hall–Kier alpha value is -2.35. The van der Waals surface area contributed by atoms with Gasteiger partial charge in [-0.1, -0.05) is 25.8 Å². The van der Waals surface area contributed by atoms with E-state index in [1.165, 1.54) is 18.2 Å². The zero-order chi connectivity index (χ0) is 17.6. The van der Waals surface area contributed by atoms with Crippen molar-refractivity contribution in [1.82, 2.24) is 5.32 Å². The zero-order valence-electron chi connectivity index (χ0n) is 14.1. The third kappa shape index (κ3) is 6.96. The van der Waals surface area contributed by atoms with Crippen LogP contribution in [-0.2, 0) is 9.53 Å². The van der Waals surface area contributed by atoms with Crippen molar-refractivity contribution in [3.8, 4) is 11.8 Å². The van der Waals surface area contributed by atoms with E-state index in [4.69, 9.17) is 4.74 Å². The molecular formula is C18H22FNO3. The maximum atomic E-state index is 13.1. The highest BCUT2D eigenvalue weighted by Crippen LogP contribution is 2.09. The molecule has 1 rings (SSSR count). The number of nitrogens with one attached hydrogen (secondary N) is 1. The molecule has 124 valence electrons. The number of ketones is 1. The van der Waals surface area contributed by atoms with E-state index in [9.17, 15) is 14.0 Å². The van der Waals surface area contributed by atoms with Gasteiger partial charge in [-0.05, 0) is 50.8 Å². The maximum absolute atomic E-state index is 13.1. The van der Waals surface area contributed by atoms with Crippen molar-refractivity contribution < 1.29 is 18.7 Å². The van der Waals surface area contributed by atoms with E-state index >= 15 is 0 Å². The fraction of sp³-hybridized carbons (Fsp3) is 0.444. The Labute approximate surface area is 136 Å². The summed E-state index contributed by atoms with van der Waals surface area (Å²) in [6, 6.07) is 4.88. The molecule has 0 unspecified atom stereocenters. The van der Waals surface area contributed by atoms with E-state index in [0.717, 1.165) is 0 Å². The minimum absolute atomic E-state index is 0.156. The number of hydrogen-bond donors (Lipinski definition) is 1. The van der Waals surface area contributed by atoms with Crippen molar-refractivity contribution >= 4 is 11.9 Å². The molecule has 0 aromatic heterocycles. The monoisotopic (exact) mass is 319 g/mol. The van der Waals surface area contributed by atoms with Gasteiger partial charge in [-0.15, -0.1) is 0 Å². The molecule has 0 heterocycles. The Morgan fingerprint density at radius 1 is 1.26 bits per heavy atom. The fourth-order valence-corrected chi connectivity index (χ4v) is 1.75. The number of carbonyl (C=O) groups excluding carboxylic acids is 2. The lowest BCUT2D eigenvalue weighted by Gasteiger charge is -2.23. The molecule has 0 saturated carbocycles. The second-order valence-corrected chi connectivity index (χ2v) is 6.49. The summed E-state index contributed by atoms with van der Waals surface area (Å²) in [6.07, 6.45) is -0.669. The van der Waals surface area contributed by atoms with Crippen molar-refractivity contribution in [2.24, 2.45) is 5.92 Å². The number of rotatable bonds is 3. The molecule has 1 amide bonds. The number of amides is 1. The van der Waals surface area contributed by atoms with Crippen LogP contribution >= 0.6 is 0 Å². The molecule has 0 radical (unpaired) electrons. The first-order valence-corrected chi connectivity index (χ1v) is 7.39. The summed E-state index contributed by atoms with van der Waals surface area (Å²) in [7, 11) is 0. The number of hydrogen-bond acceptors (Lipinski definition) is 3. The van der Waals surface area contributed by atoms with Crippen LogP contribution in [0.15, 0.2) is 24.3 Å². The number of Topliss-reactive ketones (excluding diaryl/α,β-unsaturated/α-hetero) is 1. The van der Waals surface area contributed by atoms with Gasteiger partial charge in [0.2, 0.25) is 5.78 Å². The van der Waals surface area contributed by atoms with Gasteiger partial charge in [0.15, 0.2) is 0 Å². The van der Waals surface area contributed by atoms with Crippen LogP contribution in [0.3, 0.4) is 0 Å². The number of alkyl carbamates (subject to hydrolysis) is 1. The Kier molecular flexibility index (Phi) is 6.32. The lowest BCUT2D eigenvalue weighted by Crippen LogP contribution is -2.46. The summed E-state index contributed by atoms with van der Waals surface area (Å²) in [5.74, 6) is 4.04. The molecule has 0 aliphatic heterocycles. The van der Waals surface area contributed by atoms with Gasteiger partial charge >= 0.3 is 6.09 Å². The van der Waals surface area contributed by atoms with Gasteiger partial charge in [0.05, 0.1) is 0 Å². The van der Waals surface area contributed by atoms with Gasteiger partial charge in [-0.3, -0.25) is 4.79 Å². The molecule has 0 bridgehead atoms. The second kappa shape index (κ2) is 7.77. The zero-order valence-corrected chi connectivity index (χ0v) is 14.1. The average molecular weight is 319 g/mol. The molecule has 1 aromatic rings. The van der Waals surface area contributed by atoms with Crippen molar-refractivity contribution in [2.75, 3.05) is 0 Å². The number of halogens is 1. The van der Waals surface area contributed by atoms with Crippen molar-refractivity contribution in [3.63, 3.8) is 0 Å². The Bertz CT molecular complexity index is 636. The first-order chi connectivity index (χ1) is 10.6.